The average Bonchev–Trinajstić information content (AvgIpc) is 2.82. The van der Waals surface area contributed by atoms with Crippen LogP contribution >= 0.6 is 0 Å². The Hall–Kier alpha value is -1.96. The molecular weight excluding hydrogens is 288 g/mol. The smallest absolute Gasteiger partial charge is 0.305 e. The summed E-state index contributed by atoms with van der Waals surface area (Å²) in [6, 6.07) is 1.61. The molecule has 4 nitrogen and oxygen atoms in total. The standard InChI is InChI=1S/C13H14F4N4/c1-3-18-12(11-7-19-20-21(11)2)9-6-8(13(15,16)17)4-5-10(9)14/h4-7,12,18H,3H2,1-2H3. The second kappa shape index (κ2) is 5.80. The van der Waals surface area contributed by atoms with Gasteiger partial charge in [0.1, 0.15) is 5.82 Å². The summed E-state index contributed by atoms with van der Waals surface area (Å²) >= 11 is 0. The second-order valence-electron chi connectivity index (χ2n) is 4.51. The monoisotopic (exact) mass is 302 g/mol. The Morgan fingerprint density at radius 2 is 2.05 bits per heavy atom. The largest absolute Gasteiger partial charge is 0.416 e. The highest BCUT2D eigenvalue weighted by Crippen LogP contribution is 2.33. The van der Waals surface area contributed by atoms with Gasteiger partial charge in [0.2, 0.25) is 0 Å². The van der Waals surface area contributed by atoms with Crippen LogP contribution in [0.1, 0.15) is 29.8 Å². The Labute approximate surface area is 118 Å². The minimum absolute atomic E-state index is 0.0860. The molecule has 0 aliphatic rings. The summed E-state index contributed by atoms with van der Waals surface area (Å²) in [4.78, 5) is 0. The summed E-state index contributed by atoms with van der Waals surface area (Å²) in [6.07, 6.45) is -3.13. The molecule has 21 heavy (non-hydrogen) atoms. The molecule has 0 radical (unpaired) electrons. The first-order valence-electron chi connectivity index (χ1n) is 6.29. The molecular formula is C13H14F4N4. The Kier molecular flexibility index (Phi) is 4.26. The normalized spacial score (nSPS) is 13.4. The van der Waals surface area contributed by atoms with Crippen molar-refractivity contribution in [1.82, 2.24) is 20.3 Å². The maximum absolute atomic E-state index is 14.0. The quantitative estimate of drug-likeness (QED) is 0.883. The third-order valence-corrected chi connectivity index (χ3v) is 3.09. The molecule has 1 aromatic heterocycles. The van der Waals surface area contributed by atoms with E-state index in [0.717, 1.165) is 18.2 Å². The van der Waals surface area contributed by atoms with E-state index >= 15 is 0 Å². The molecule has 8 heteroatoms. The van der Waals surface area contributed by atoms with Gasteiger partial charge < -0.3 is 5.32 Å². The van der Waals surface area contributed by atoms with Gasteiger partial charge in [-0.15, -0.1) is 5.10 Å². The van der Waals surface area contributed by atoms with Crippen LogP contribution in [0.15, 0.2) is 24.4 Å². The molecule has 114 valence electrons. The number of nitrogens with one attached hydrogen (secondary N) is 1. The lowest BCUT2D eigenvalue weighted by Gasteiger charge is -2.20. The summed E-state index contributed by atoms with van der Waals surface area (Å²) in [6.45, 7) is 2.23. The fraction of sp³-hybridized carbons (Fsp3) is 0.385. The van der Waals surface area contributed by atoms with Crippen LogP contribution in [-0.4, -0.2) is 21.5 Å². The maximum Gasteiger partial charge on any atom is 0.416 e. The number of halogens is 4. The average molecular weight is 302 g/mol. The van der Waals surface area contributed by atoms with Gasteiger partial charge in [-0.3, -0.25) is 4.68 Å². The van der Waals surface area contributed by atoms with Crippen molar-refractivity contribution in [1.29, 1.82) is 0 Å². The zero-order chi connectivity index (χ0) is 15.6. The van der Waals surface area contributed by atoms with Gasteiger partial charge in [0.15, 0.2) is 0 Å². The van der Waals surface area contributed by atoms with Crippen molar-refractivity contribution in [2.75, 3.05) is 6.54 Å². The molecule has 0 amide bonds. The number of nitrogens with zero attached hydrogens (tertiary/aromatic N) is 3. The van der Waals surface area contributed by atoms with Crippen LogP contribution in [0.5, 0.6) is 0 Å². The molecule has 2 aromatic rings. The number of benzene rings is 1. The minimum Gasteiger partial charge on any atom is -0.305 e. The number of rotatable bonds is 4. The first-order chi connectivity index (χ1) is 9.84. The highest BCUT2D eigenvalue weighted by atomic mass is 19.4. The molecule has 2 rings (SSSR count). The molecule has 0 saturated carbocycles. The van der Waals surface area contributed by atoms with Crippen LogP contribution in [0.25, 0.3) is 0 Å². The number of hydrogen-bond acceptors (Lipinski definition) is 3. The van der Waals surface area contributed by atoms with E-state index in [0.29, 0.717) is 12.2 Å². The maximum atomic E-state index is 14.0. The fourth-order valence-corrected chi connectivity index (χ4v) is 2.08. The predicted molar refractivity (Wildman–Crippen MR) is 67.9 cm³/mol. The zero-order valence-electron chi connectivity index (χ0n) is 11.4. The highest BCUT2D eigenvalue weighted by molar-refractivity contribution is 5.33. The summed E-state index contributed by atoms with van der Waals surface area (Å²) in [7, 11) is 1.60. The lowest BCUT2D eigenvalue weighted by molar-refractivity contribution is -0.137. The molecule has 1 heterocycles. The van der Waals surface area contributed by atoms with Gasteiger partial charge in [-0.05, 0) is 24.7 Å². The van der Waals surface area contributed by atoms with Crippen molar-refractivity contribution in [3.63, 3.8) is 0 Å². The van der Waals surface area contributed by atoms with Crippen molar-refractivity contribution in [2.24, 2.45) is 7.05 Å². The van der Waals surface area contributed by atoms with Gasteiger partial charge in [-0.25, -0.2) is 4.39 Å². The van der Waals surface area contributed by atoms with E-state index in [9.17, 15) is 17.6 Å². The second-order valence-corrected chi connectivity index (χ2v) is 4.51. The van der Waals surface area contributed by atoms with Gasteiger partial charge in [0, 0.05) is 12.6 Å². The van der Waals surface area contributed by atoms with Crippen LogP contribution in [0.2, 0.25) is 0 Å². The number of aryl methyl sites for hydroxylation is 1. The van der Waals surface area contributed by atoms with Crippen molar-refractivity contribution in [3.8, 4) is 0 Å². The van der Waals surface area contributed by atoms with Crippen molar-refractivity contribution >= 4 is 0 Å². The third kappa shape index (κ3) is 3.21. The highest BCUT2D eigenvalue weighted by Gasteiger charge is 2.32. The van der Waals surface area contributed by atoms with Crippen molar-refractivity contribution in [3.05, 3.63) is 47.0 Å². The van der Waals surface area contributed by atoms with Crippen LogP contribution < -0.4 is 5.32 Å². The van der Waals surface area contributed by atoms with E-state index in [2.05, 4.69) is 15.6 Å². The summed E-state index contributed by atoms with van der Waals surface area (Å²) in [5, 5.41) is 10.4. The van der Waals surface area contributed by atoms with Crippen LogP contribution in [0.3, 0.4) is 0 Å². The summed E-state index contributed by atoms with van der Waals surface area (Å²) < 4.78 is 53.8. The van der Waals surface area contributed by atoms with E-state index in [-0.39, 0.29) is 5.56 Å². The van der Waals surface area contributed by atoms with Gasteiger partial charge in [0.25, 0.3) is 0 Å². The number of alkyl halides is 3. The molecule has 0 saturated heterocycles. The lowest BCUT2D eigenvalue weighted by Crippen LogP contribution is -2.25. The third-order valence-electron chi connectivity index (χ3n) is 3.09. The molecule has 0 aliphatic carbocycles. The first kappa shape index (κ1) is 15.4. The predicted octanol–water partition coefficient (Wildman–Crippen LogP) is 2.67. The lowest BCUT2D eigenvalue weighted by atomic mass is 10.0. The Morgan fingerprint density at radius 3 is 2.57 bits per heavy atom. The van der Waals surface area contributed by atoms with Crippen molar-refractivity contribution in [2.45, 2.75) is 19.1 Å². The molecule has 0 spiro atoms. The molecule has 0 aliphatic heterocycles. The van der Waals surface area contributed by atoms with Gasteiger partial charge in [-0.2, -0.15) is 13.2 Å². The molecule has 1 unspecified atom stereocenters. The van der Waals surface area contributed by atoms with Crippen molar-refractivity contribution < 1.29 is 17.6 Å². The molecule has 1 N–H and O–H groups in total. The first-order valence-corrected chi connectivity index (χ1v) is 6.29. The van der Waals surface area contributed by atoms with E-state index < -0.39 is 23.6 Å². The molecule has 0 bridgehead atoms. The van der Waals surface area contributed by atoms with E-state index in [1.165, 1.54) is 10.9 Å². The Balaban J connectivity index is 2.52. The summed E-state index contributed by atoms with van der Waals surface area (Å²) in [5.41, 5.74) is -0.496. The van der Waals surface area contributed by atoms with Crippen LogP contribution in [0.4, 0.5) is 17.6 Å². The number of aromatic nitrogens is 3. The summed E-state index contributed by atoms with van der Waals surface area (Å²) in [5.74, 6) is -0.713. The number of hydrogen-bond donors (Lipinski definition) is 1. The van der Waals surface area contributed by atoms with E-state index in [4.69, 9.17) is 0 Å². The Bertz CT molecular complexity index is 621. The topological polar surface area (TPSA) is 42.7 Å². The molecule has 1 atom stereocenters. The van der Waals surface area contributed by atoms with E-state index in [1.807, 2.05) is 0 Å². The van der Waals surface area contributed by atoms with Crippen LogP contribution in [-0.2, 0) is 13.2 Å². The minimum atomic E-state index is -4.52. The SMILES string of the molecule is CCNC(c1cc(C(F)(F)F)ccc1F)c1cnnn1C. The van der Waals surface area contributed by atoms with Gasteiger partial charge >= 0.3 is 6.18 Å². The van der Waals surface area contributed by atoms with Gasteiger partial charge in [-0.1, -0.05) is 12.1 Å². The Morgan fingerprint density at radius 1 is 1.33 bits per heavy atom. The fourth-order valence-electron chi connectivity index (χ4n) is 2.08. The molecule has 1 aromatic carbocycles. The van der Waals surface area contributed by atoms with E-state index in [1.54, 1.807) is 14.0 Å². The molecule has 0 fully saturated rings. The van der Waals surface area contributed by atoms with Crippen LogP contribution in [0, 0.1) is 5.82 Å². The zero-order valence-corrected chi connectivity index (χ0v) is 11.4. The van der Waals surface area contributed by atoms with Gasteiger partial charge in [0.05, 0.1) is 23.5 Å².